The van der Waals surface area contributed by atoms with E-state index < -0.39 is 18.0 Å². The van der Waals surface area contributed by atoms with Gasteiger partial charge in [0.25, 0.3) is 5.91 Å². The summed E-state index contributed by atoms with van der Waals surface area (Å²) in [6.45, 7) is 1.14. The molecule has 1 aromatic carbocycles. The molecule has 1 aromatic heterocycles. The molecule has 2 aromatic rings. The highest BCUT2D eigenvalue weighted by Gasteiger charge is 2.34. The molecule has 2 aliphatic rings. The smallest absolute Gasteiger partial charge is 0.322 e. The van der Waals surface area contributed by atoms with Gasteiger partial charge in [0.15, 0.2) is 11.5 Å². The van der Waals surface area contributed by atoms with Crippen LogP contribution in [0.25, 0.3) is 11.1 Å². The zero-order valence-corrected chi connectivity index (χ0v) is 13.5. The predicted molar refractivity (Wildman–Crippen MR) is 87.6 cm³/mol. The average molecular weight is 342 g/mol. The average Bonchev–Trinajstić information content (AvgIpc) is 3.18. The Morgan fingerprint density at radius 2 is 2.16 bits per heavy atom. The summed E-state index contributed by atoms with van der Waals surface area (Å²) in [5, 5.41) is 4.60. The summed E-state index contributed by atoms with van der Waals surface area (Å²) >= 11 is 0. The lowest BCUT2D eigenvalue weighted by atomic mass is 9.97. The van der Waals surface area contributed by atoms with Crippen LogP contribution in [0.3, 0.4) is 0 Å². The number of fused-ring (bicyclic) bond motifs is 1. The number of aromatic nitrogens is 1. The van der Waals surface area contributed by atoms with Crippen LogP contribution in [0, 0.1) is 0 Å². The van der Waals surface area contributed by atoms with Crippen molar-refractivity contribution in [3.8, 4) is 0 Å². The largest absolute Gasteiger partial charge is 0.440 e. The number of carbonyl (C=O) groups is 3. The van der Waals surface area contributed by atoms with Crippen molar-refractivity contribution in [3.63, 3.8) is 0 Å². The molecule has 25 heavy (non-hydrogen) atoms. The molecule has 3 heterocycles. The van der Waals surface area contributed by atoms with E-state index in [1.807, 2.05) is 24.3 Å². The van der Waals surface area contributed by atoms with E-state index >= 15 is 0 Å². The minimum Gasteiger partial charge on any atom is -0.440 e. The normalized spacial score (nSPS) is 23.6. The maximum Gasteiger partial charge on any atom is 0.322 e. The number of likely N-dealkylation sites (tertiary alicyclic amines) is 1. The molecule has 2 atom stereocenters. The van der Waals surface area contributed by atoms with Crippen LogP contribution in [-0.2, 0) is 9.59 Å². The second-order valence-corrected chi connectivity index (χ2v) is 6.42. The van der Waals surface area contributed by atoms with Crippen molar-refractivity contribution < 1.29 is 18.8 Å². The zero-order valence-electron chi connectivity index (χ0n) is 13.5. The lowest BCUT2D eigenvalue weighted by molar-refractivity contribution is -0.135. The number of piperidine rings is 1. The van der Waals surface area contributed by atoms with Crippen molar-refractivity contribution in [3.05, 3.63) is 30.2 Å². The van der Waals surface area contributed by atoms with Gasteiger partial charge in [-0.1, -0.05) is 12.1 Å². The number of oxazole rings is 1. The van der Waals surface area contributed by atoms with Crippen molar-refractivity contribution in [2.75, 3.05) is 13.1 Å². The van der Waals surface area contributed by atoms with Gasteiger partial charge in [0, 0.05) is 13.1 Å². The Hall–Kier alpha value is -2.90. The summed E-state index contributed by atoms with van der Waals surface area (Å²) in [6, 6.07) is 6.24. The van der Waals surface area contributed by atoms with E-state index in [-0.39, 0.29) is 18.2 Å². The molecule has 2 fully saturated rings. The number of rotatable bonds is 3. The Balaban J connectivity index is 1.44. The van der Waals surface area contributed by atoms with Crippen molar-refractivity contribution in [2.45, 2.75) is 31.2 Å². The summed E-state index contributed by atoms with van der Waals surface area (Å²) in [5.74, 6) is 0.0803. The van der Waals surface area contributed by atoms with E-state index in [1.54, 1.807) is 4.90 Å². The molecular formula is C17H18N4O4. The van der Waals surface area contributed by atoms with E-state index in [2.05, 4.69) is 15.6 Å². The second kappa shape index (κ2) is 6.19. The Bertz CT molecular complexity index is 813. The first kappa shape index (κ1) is 15.6. The third kappa shape index (κ3) is 3.07. The lowest BCUT2D eigenvalue weighted by Crippen LogP contribution is -2.43. The lowest BCUT2D eigenvalue weighted by Gasteiger charge is -2.31. The highest BCUT2D eigenvalue weighted by Crippen LogP contribution is 2.29. The molecular weight excluding hydrogens is 324 g/mol. The fourth-order valence-corrected chi connectivity index (χ4v) is 3.38. The molecule has 0 saturated carbocycles. The molecule has 2 saturated heterocycles. The number of para-hydroxylation sites is 2. The third-order valence-electron chi connectivity index (χ3n) is 4.67. The van der Waals surface area contributed by atoms with Crippen LogP contribution < -0.4 is 10.6 Å². The van der Waals surface area contributed by atoms with Crippen molar-refractivity contribution in [2.24, 2.45) is 0 Å². The first-order valence-corrected chi connectivity index (χ1v) is 8.35. The number of nitrogens with one attached hydrogen (secondary N) is 2. The fourth-order valence-electron chi connectivity index (χ4n) is 3.38. The quantitative estimate of drug-likeness (QED) is 0.814. The molecule has 4 rings (SSSR count). The van der Waals surface area contributed by atoms with Gasteiger partial charge in [-0.3, -0.25) is 14.9 Å². The zero-order chi connectivity index (χ0) is 17.4. The topological polar surface area (TPSA) is 105 Å². The Morgan fingerprint density at radius 3 is 2.92 bits per heavy atom. The molecule has 8 heteroatoms. The number of hydrogen-bond acceptors (Lipinski definition) is 5. The molecule has 130 valence electrons. The Morgan fingerprint density at radius 1 is 1.32 bits per heavy atom. The molecule has 0 aliphatic carbocycles. The van der Waals surface area contributed by atoms with Crippen LogP contribution >= 0.6 is 0 Å². The molecule has 4 amide bonds. The fraction of sp³-hybridized carbons (Fsp3) is 0.412. The monoisotopic (exact) mass is 342 g/mol. The molecule has 0 radical (unpaired) electrons. The van der Waals surface area contributed by atoms with E-state index in [4.69, 9.17) is 4.42 Å². The van der Waals surface area contributed by atoms with Gasteiger partial charge < -0.3 is 14.6 Å². The number of hydrogen-bond donors (Lipinski definition) is 2. The van der Waals surface area contributed by atoms with E-state index in [0.29, 0.717) is 19.0 Å². The van der Waals surface area contributed by atoms with E-state index in [1.165, 1.54) is 0 Å². The highest BCUT2D eigenvalue weighted by molar-refractivity contribution is 6.05. The summed E-state index contributed by atoms with van der Waals surface area (Å²) in [7, 11) is 0. The highest BCUT2D eigenvalue weighted by atomic mass is 16.3. The van der Waals surface area contributed by atoms with Crippen LogP contribution in [0.4, 0.5) is 4.79 Å². The number of amides is 4. The number of nitrogens with zero attached hydrogens (tertiary/aromatic N) is 2. The van der Waals surface area contributed by atoms with Crippen LogP contribution in [0.2, 0.25) is 0 Å². The standard InChI is InChI=1S/C17H18N4O4/c22-14(8-12-15(23)20-17(24)19-12)21-7-3-4-10(9-21)16-18-11-5-1-2-6-13(11)25-16/h1-2,5-6,10,12H,3-4,7-9H2,(H2,19,20,23,24)/t10-,12+/m0/s1. The van der Waals surface area contributed by atoms with E-state index in [9.17, 15) is 14.4 Å². The summed E-state index contributed by atoms with van der Waals surface area (Å²) in [4.78, 5) is 41.5. The first-order valence-electron chi connectivity index (χ1n) is 8.35. The van der Waals surface area contributed by atoms with Crippen molar-refractivity contribution >= 4 is 28.9 Å². The van der Waals surface area contributed by atoms with Gasteiger partial charge in [-0.25, -0.2) is 9.78 Å². The summed E-state index contributed by atoms with van der Waals surface area (Å²) in [5.41, 5.74) is 1.55. The van der Waals surface area contributed by atoms with Gasteiger partial charge in [-0.05, 0) is 25.0 Å². The summed E-state index contributed by atoms with van der Waals surface area (Å²) < 4.78 is 5.83. The van der Waals surface area contributed by atoms with Gasteiger partial charge in [-0.2, -0.15) is 0 Å². The predicted octanol–water partition coefficient (Wildman–Crippen LogP) is 1.13. The first-order chi connectivity index (χ1) is 12.1. The molecule has 0 spiro atoms. The van der Waals surface area contributed by atoms with Crippen LogP contribution in [0.5, 0.6) is 0 Å². The molecule has 0 unspecified atom stereocenters. The van der Waals surface area contributed by atoms with Gasteiger partial charge in [-0.15, -0.1) is 0 Å². The van der Waals surface area contributed by atoms with Gasteiger partial charge in [0.1, 0.15) is 11.6 Å². The number of benzene rings is 1. The maximum absolute atomic E-state index is 12.5. The molecule has 2 aliphatic heterocycles. The minimum atomic E-state index is -0.787. The SMILES string of the molecule is O=C1NC(=O)[C@@H](CC(=O)N2CCC[C@H](c3nc4ccccc4o3)C2)N1. The Labute approximate surface area is 143 Å². The van der Waals surface area contributed by atoms with Crippen molar-refractivity contribution in [1.29, 1.82) is 0 Å². The van der Waals surface area contributed by atoms with Gasteiger partial charge in [0.05, 0.1) is 12.3 Å². The van der Waals surface area contributed by atoms with Gasteiger partial charge >= 0.3 is 6.03 Å². The van der Waals surface area contributed by atoms with Crippen molar-refractivity contribution in [1.82, 2.24) is 20.5 Å². The number of imide groups is 1. The van der Waals surface area contributed by atoms with Crippen LogP contribution in [0.1, 0.15) is 31.1 Å². The third-order valence-corrected chi connectivity index (χ3v) is 4.67. The number of carbonyl (C=O) groups excluding carboxylic acids is 3. The number of urea groups is 1. The second-order valence-electron chi connectivity index (χ2n) is 6.42. The maximum atomic E-state index is 12.5. The molecule has 0 bridgehead atoms. The molecule has 2 N–H and O–H groups in total. The Kier molecular flexibility index (Phi) is 3.87. The van der Waals surface area contributed by atoms with Crippen LogP contribution in [0.15, 0.2) is 28.7 Å². The van der Waals surface area contributed by atoms with E-state index in [0.717, 1.165) is 23.9 Å². The minimum absolute atomic E-state index is 0.0299. The molecule has 8 nitrogen and oxygen atoms in total. The van der Waals surface area contributed by atoms with Crippen LogP contribution in [-0.4, -0.2) is 46.9 Å². The summed E-state index contributed by atoms with van der Waals surface area (Å²) in [6.07, 6.45) is 1.72. The van der Waals surface area contributed by atoms with Gasteiger partial charge in [0.2, 0.25) is 5.91 Å².